The molecule has 1 heterocycles. The summed E-state index contributed by atoms with van der Waals surface area (Å²) < 4.78 is 0. The first-order valence-corrected chi connectivity index (χ1v) is 10.1. The number of fused-ring (bicyclic) bond motifs is 3. The van der Waals surface area contributed by atoms with Gasteiger partial charge in [0.15, 0.2) is 5.16 Å². The number of nitrogens with zero attached hydrogens (tertiary/aromatic N) is 1. The number of hydrogen-bond acceptors (Lipinski definition) is 3. The Morgan fingerprint density at radius 3 is 2.71 bits per heavy atom. The summed E-state index contributed by atoms with van der Waals surface area (Å²) in [6.45, 7) is 2.30. The number of hydrogen-bond donors (Lipinski definition) is 1. The average Bonchev–Trinajstić information content (AvgIpc) is 2.62. The van der Waals surface area contributed by atoms with E-state index in [2.05, 4.69) is 30.1 Å². The minimum Gasteiger partial charge on any atom is -0.301 e. The molecule has 3 nitrogen and oxygen atoms in total. The second-order valence-electron chi connectivity index (χ2n) is 7.39. The minimum absolute atomic E-state index is 0.0620. The molecular weight excluding hydrogens is 316 g/mol. The molecule has 0 radical (unpaired) electrons. The predicted octanol–water partition coefficient (Wildman–Crippen LogP) is 4.55. The van der Waals surface area contributed by atoms with Crippen molar-refractivity contribution in [1.29, 1.82) is 0 Å². The Bertz CT molecular complexity index is 823. The Balaban J connectivity index is 1.96. The van der Waals surface area contributed by atoms with Gasteiger partial charge in [-0.2, -0.15) is 0 Å². The van der Waals surface area contributed by atoms with Crippen LogP contribution in [0.15, 0.2) is 34.2 Å². The fraction of sp³-hybridized carbons (Fsp3) is 0.500. The number of aromatic amines is 1. The zero-order chi connectivity index (χ0) is 16.7. The summed E-state index contributed by atoms with van der Waals surface area (Å²) in [5, 5.41) is 0.710. The number of thioether (sulfide) groups is 1. The van der Waals surface area contributed by atoms with Crippen LogP contribution in [0.25, 0.3) is 11.3 Å². The van der Waals surface area contributed by atoms with Gasteiger partial charge in [-0.3, -0.25) is 4.79 Å². The molecule has 0 bridgehead atoms. The summed E-state index contributed by atoms with van der Waals surface area (Å²) in [6.07, 6.45) is 9.25. The molecule has 1 unspecified atom stereocenters. The maximum atomic E-state index is 13.0. The lowest BCUT2D eigenvalue weighted by Crippen LogP contribution is -2.43. The molecule has 0 spiro atoms. The fourth-order valence-corrected chi connectivity index (χ4v) is 5.13. The molecule has 2 aromatic rings. The Morgan fingerprint density at radius 1 is 1.21 bits per heavy atom. The average molecular weight is 340 g/mol. The van der Waals surface area contributed by atoms with Crippen molar-refractivity contribution in [2.24, 2.45) is 5.92 Å². The third-order valence-electron chi connectivity index (χ3n) is 6.00. The Morgan fingerprint density at radius 2 is 1.96 bits per heavy atom. The molecule has 1 fully saturated rings. The van der Waals surface area contributed by atoms with E-state index >= 15 is 0 Å². The first-order valence-electron chi connectivity index (χ1n) is 8.90. The van der Waals surface area contributed by atoms with E-state index in [0.29, 0.717) is 11.1 Å². The van der Waals surface area contributed by atoms with Gasteiger partial charge in [0.2, 0.25) is 0 Å². The van der Waals surface area contributed by atoms with Crippen LogP contribution in [0.5, 0.6) is 0 Å². The van der Waals surface area contributed by atoms with Crippen molar-refractivity contribution in [3.05, 3.63) is 45.7 Å². The molecule has 4 rings (SSSR count). The van der Waals surface area contributed by atoms with Gasteiger partial charge in [-0.05, 0) is 37.0 Å². The molecule has 1 aromatic carbocycles. The second-order valence-corrected chi connectivity index (χ2v) is 8.18. The van der Waals surface area contributed by atoms with Gasteiger partial charge in [-0.25, -0.2) is 4.98 Å². The van der Waals surface area contributed by atoms with Crippen molar-refractivity contribution in [2.45, 2.75) is 56.0 Å². The molecule has 1 atom stereocenters. The third-order valence-corrected chi connectivity index (χ3v) is 6.58. The first kappa shape index (κ1) is 15.9. The molecule has 2 aliphatic carbocycles. The van der Waals surface area contributed by atoms with Crippen LogP contribution >= 0.6 is 11.8 Å². The van der Waals surface area contributed by atoms with Crippen LogP contribution in [0.1, 0.15) is 50.2 Å². The van der Waals surface area contributed by atoms with Crippen LogP contribution < -0.4 is 5.56 Å². The van der Waals surface area contributed by atoms with Crippen LogP contribution in [0.3, 0.4) is 0 Å². The van der Waals surface area contributed by atoms with E-state index in [1.165, 1.54) is 49.4 Å². The highest BCUT2D eigenvalue weighted by Crippen LogP contribution is 2.48. The highest BCUT2D eigenvalue weighted by atomic mass is 32.2. The lowest BCUT2D eigenvalue weighted by molar-refractivity contribution is 0.213. The highest BCUT2D eigenvalue weighted by Gasteiger charge is 2.44. The monoisotopic (exact) mass is 340 g/mol. The molecule has 0 amide bonds. The normalized spacial score (nSPS) is 23.6. The number of nitrogens with one attached hydrogen (secondary N) is 1. The molecule has 126 valence electrons. The minimum atomic E-state index is -0.109. The fourth-order valence-electron chi connectivity index (χ4n) is 4.75. The molecule has 24 heavy (non-hydrogen) atoms. The Hall–Kier alpha value is -1.55. The number of rotatable bonds is 2. The van der Waals surface area contributed by atoms with E-state index in [1.54, 1.807) is 0 Å². The van der Waals surface area contributed by atoms with Gasteiger partial charge in [-0.1, -0.05) is 62.2 Å². The molecule has 0 aliphatic heterocycles. The molecule has 1 N–H and O–H groups in total. The van der Waals surface area contributed by atoms with E-state index in [-0.39, 0.29) is 11.0 Å². The van der Waals surface area contributed by atoms with Gasteiger partial charge in [0.1, 0.15) is 0 Å². The van der Waals surface area contributed by atoms with E-state index in [9.17, 15) is 4.79 Å². The van der Waals surface area contributed by atoms with E-state index in [4.69, 9.17) is 4.98 Å². The summed E-state index contributed by atoms with van der Waals surface area (Å²) in [5.74, 6) is 0.571. The molecule has 0 saturated heterocycles. The molecule has 1 aromatic heterocycles. The van der Waals surface area contributed by atoms with Crippen molar-refractivity contribution in [1.82, 2.24) is 9.97 Å². The quantitative estimate of drug-likeness (QED) is 0.644. The van der Waals surface area contributed by atoms with Gasteiger partial charge < -0.3 is 4.98 Å². The Kier molecular flexibility index (Phi) is 4.03. The Labute approximate surface area is 147 Å². The summed E-state index contributed by atoms with van der Waals surface area (Å²) >= 11 is 1.50. The summed E-state index contributed by atoms with van der Waals surface area (Å²) in [4.78, 5) is 20.8. The predicted molar refractivity (Wildman–Crippen MR) is 99.7 cm³/mol. The summed E-state index contributed by atoms with van der Waals surface area (Å²) in [5.41, 5.74) is 4.27. The molecule has 1 saturated carbocycles. The van der Waals surface area contributed by atoms with Crippen LogP contribution in [0, 0.1) is 5.92 Å². The topological polar surface area (TPSA) is 45.8 Å². The van der Waals surface area contributed by atoms with Crippen molar-refractivity contribution >= 4 is 11.8 Å². The maximum absolute atomic E-state index is 13.0. The zero-order valence-corrected chi connectivity index (χ0v) is 15.2. The third kappa shape index (κ3) is 2.43. The molecule has 4 heteroatoms. The van der Waals surface area contributed by atoms with E-state index < -0.39 is 0 Å². The van der Waals surface area contributed by atoms with Crippen LogP contribution in [-0.2, 0) is 11.8 Å². The van der Waals surface area contributed by atoms with Gasteiger partial charge in [0.05, 0.1) is 11.3 Å². The van der Waals surface area contributed by atoms with Crippen molar-refractivity contribution in [3.63, 3.8) is 0 Å². The smallest absolute Gasteiger partial charge is 0.255 e. The van der Waals surface area contributed by atoms with E-state index in [0.717, 1.165) is 23.2 Å². The van der Waals surface area contributed by atoms with Gasteiger partial charge >= 0.3 is 0 Å². The number of benzene rings is 1. The molecular formula is C20H24N2OS. The lowest BCUT2D eigenvalue weighted by atomic mass is 9.60. The van der Waals surface area contributed by atoms with Gasteiger partial charge in [0.25, 0.3) is 5.56 Å². The van der Waals surface area contributed by atoms with E-state index in [1.807, 2.05) is 12.3 Å². The van der Waals surface area contributed by atoms with Crippen LogP contribution in [0.2, 0.25) is 0 Å². The van der Waals surface area contributed by atoms with Gasteiger partial charge in [0, 0.05) is 11.0 Å². The highest BCUT2D eigenvalue weighted by molar-refractivity contribution is 7.98. The first-order chi connectivity index (χ1) is 11.6. The summed E-state index contributed by atoms with van der Waals surface area (Å²) in [6, 6.07) is 8.48. The summed E-state index contributed by atoms with van der Waals surface area (Å²) in [7, 11) is 0. The molecule has 2 aliphatic rings. The standard InChI is InChI=1S/C20H24N2OS/c1-20(14-9-4-3-5-10-14)12-13-8-6-7-11-15(13)17-16(20)18(23)22-19(21-17)24-2/h6-8,11,14H,3-5,9-10,12H2,1-2H3,(H,21,22,23). The van der Waals surface area contributed by atoms with Crippen LogP contribution in [0.4, 0.5) is 0 Å². The van der Waals surface area contributed by atoms with Crippen molar-refractivity contribution in [2.75, 3.05) is 6.26 Å². The van der Waals surface area contributed by atoms with Crippen LogP contribution in [-0.4, -0.2) is 16.2 Å². The van der Waals surface area contributed by atoms with Crippen molar-refractivity contribution in [3.8, 4) is 11.3 Å². The zero-order valence-electron chi connectivity index (χ0n) is 14.4. The number of aromatic nitrogens is 2. The maximum Gasteiger partial charge on any atom is 0.255 e. The SMILES string of the molecule is CSc1nc2c(c(=O)[nH]1)C(C)(C1CCCCC1)Cc1ccccc1-2. The second kappa shape index (κ2) is 6.07. The number of H-pyrrole nitrogens is 1. The largest absolute Gasteiger partial charge is 0.301 e. The van der Waals surface area contributed by atoms with Gasteiger partial charge in [-0.15, -0.1) is 0 Å². The van der Waals surface area contributed by atoms with Crippen molar-refractivity contribution < 1.29 is 0 Å². The lowest BCUT2D eigenvalue weighted by Gasteiger charge is -2.43.